The summed E-state index contributed by atoms with van der Waals surface area (Å²) in [5, 5.41) is 0. The Hall–Kier alpha value is -1.86. The largest absolute Gasteiger partial charge is 0.468 e. The second kappa shape index (κ2) is 8.30. The van der Waals surface area contributed by atoms with Crippen molar-refractivity contribution < 1.29 is 14.3 Å². The van der Waals surface area contributed by atoms with E-state index in [1.807, 2.05) is 24.3 Å². The smallest absolute Gasteiger partial charge is 0.325 e. The van der Waals surface area contributed by atoms with Gasteiger partial charge in [0, 0.05) is 18.8 Å². The summed E-state index contributed by atoms with van der Waals surface area (Å²) in [5.74, 6) is -0.751. The molecule has 1 amide bonds. The minimum Gasteiger partial charge on any atom is -0.468 e. The first-order valence-corrected chi connectivity index (χ1v) is 8.89. The van der Waals surface area contributed by atoms with Crippen molar-refractivity contribution in [2.24, 2.45) is 0 Å². The lowest BCUT2D eigenvalue weighted by atomic mass is 10.1. The Kier molecular flexibility index (Phi) is 6.39. The van der Waals surface area contributed by atoms with Crippen LogP contribution in [-0.4, -0.2) is 47.8 Å². The van der Waals surface area contributed by atoms with Gasteiger partial charge in [-0.1, -0.05) is 36.1 Å². The number of rotatable bonds is 6. The third-order valence-corrected chi connectivity index (χ3v) is 5.09. The molecule has 0 N–H and O–H groups in total. The second-order valence-corrected chi connectivity index (χ2v) is 6.78. The van der Waals surface area contributed by atoms with Gasteiger partial charge in [-0.3, -0.25) is 14.5 Å². The molecule has 1 fully saturated rings. The van der Waals surface area contributed by atoms with Crippen molar-refractivity contribution in [3.8, 4) is 0 Å². The van der Waals surface area contributed by atoms with Crippen LogP contribution in [0.15, 0.2) is 29.2 Å². The predicted octanol–water partition coefficient (Wildman–Crippen LogP) is 2.91. The van der Waals surface area contributed by atoms with Gasteiger partial charge in [-0.25, -0.2) is 0 Å². The molecule has 0 aromatic heterocycles. The average molecular weight is 364 g/mol. The molecule has 0 atom stereocenters. The van der Waals surface area contributed by atoms with Crippen molar-refractivity contribution >= 4 is 51.9 Å². The summed E-state index contributed by atoms with van der Waals surface area (Å²) < 4.78 is 4.96. The molecule has 0 spiro atoms. The Labute approximate surface area is 151 Å². The highest BCUT2D eigenvalue weighted by Gasteiger charge is 2.33. The maximum Gasteiger partial charge on any atom is 0.325 e. The summed E-state index contributed by atoms with van der Waals surface area (Å²) in [4.78, 5) is 27.8. The van der Waals surface area contributed by atoms with Gasteiger partial charge >= 0.3 is 5.97 Å². The fourth-order valence-corrected chi connectivity index (χ4v) is 3.61. The highest BCUT2D eigenvalue weighted by Crippen LogP contribution is 2.32. The summed E-state index contributed by atoms with van der Waals surface area (Å²) in [6.45, 7) is 5.97. The first kappa shape index (κ1) is 18.5. The molecule has 0 unspecified atom stereocenters. The predicted molar refractivity (Wildman–Crippen MR) is 102 cm³/mol. The van der Waals surface area contributed by atoms with Crippen LogP contribution in [0.4, 0.5) is 5.69 Å². The van der Waals surface area contributed by atoms with Crippen molar-refractivity contribution in [1.82, 2.24) is 4.90 Å². The lowest BCUT2D eigenvalue weighted by molar-refractivity contribution is -0.143. The molecule has 0 aliphatic carbocycles. The first-order valence-electron chi connectivity index (χ1n) is 7.67. The molecule has 0 bridgehead atoms. The van der Waals surface area contributed by atoms with Gasteiger partial charge in [-0.2, -0.15) is 0 Å². The van der Waals surface area contributed by atoms with Crippen molar-refractivity contribution in [1.29, 1.82) is 0 Å². The number of benzene rings is 1. The third kappa shape index (κ3) is 4.15. The monoisotopic (exact) mass is 364 g/mol. The summed E-state index contributed by atoms with van der Waals surface area (Å²) in [6, 6.07) is 8.02. The van der Waals surface area contributed by atoms with E-state index >= 15 is 0 Å². The summed E-state index contributed by atoms with van der Waals surface area (Å²) in [6.07, 6.45) is 1.79. The van der Waals surface area contributed by atoms with Crippen LogP contribution in [0.5, 0.6) is 0 Å². The normalized spacial score (nSPS) is 16.0. The molecule has 2 rings (SSSR count). The number of carbonyl (C=O) groups is 2. The molecule has 1 aliphatic heterocycles. The lowest BCUT2D eigenvalue weighted by Gasteiger charge is -2.20. The number of hydrogen-bond acceptors (Lipinski definition) is 6. The fraction of sp³-hybridized carbons (Fsp3) is 0.353. The number of nitrogens with zero attached hydrogens (tertiary/aromatic N) is 2. The van der Waals surface area contributed by atoms with E-state index < -0.39 is 5.97 Å². The Bertz CT molecular complexity index is 667. The molecule has 0 saturated carbocycles. The highest BCUT2D eigenvalue weighted by atomic mass is 32.2. The van der Waals surface area contributed by atoms with Gasteiger partial charge in [0.2, 0.25) is 0 Å². The minimum absolute atomic E-state index is 0.153. The molecule has 1 aromatic rings. The average Bonchev–Trinajstić information content (AvgIpc) is 2.84. The van der Waals surface area contributed by atoms with Gasteiger partial charge in [-0.15, -0.1) is 0 Å². The number of esters is 1. The molecule has 128 valence electrons. The zero-order valence-electron chi connectivity index (χ0n) is 13.9. The number of carbonyl (C=O) groups excluding carboxylic acids is 2. The van der Waals surface area contributed by atoms with Gasteiger partial charge < -0.3 is 9.64 Å². The topological polar surface area (TPSA) is 49.9 Å². The molecule has 0 radical (unpaired) electrons. The SMILES string of the molecule is CCN(CC)c1ccc(/C=C2/SC(=S)N(CC(=O)OC)C2=O)cc1. The van der Waals surface area contributed by atoms with Crippen LogP contribution in [0.1, 0.15) is 19.4 Å². The quantitative estimate of drug-likeness (QED) is 0.439. The number of thioether (sulfide) groups is 1. The van der Waals surface area contributed by atoms with Crippen LogP contribution in [0.2, 0.25) is 0 Å². The number of hydrogen-bond donors (Lipinski definition) is 0. The molecular weight excluding hydrogens is 344 g/mol. The molecule has 24 heavy (non-hydrogen) atoms. The minimum atomic E-state index is -0.490. The first-order chi connectivity index (χ1) is 11.5. The zero-order chi connectivity index (χ0) is 17.7. The van der Waals surface area contributed by atoms with Crippen LogP contribution in [0.3, 0.4) is 0 Å². The number of thiocarbonyl (C=S) groups is 1. The molecule has 7 heteroatoms. The van der Waals surface area contributed by atoms with E-state index in [1.54, 1.807) is 6.08 Å². The number of anilines is 1. The van der Waals surface area contributed by atoms with Gasteiger partial charge in [0.25, 0.3) is 5.91 Å². The Morgan fingerprint density at radius 3 is 2.46 bits per heavy atom. The second-order valence-electron chi connectivity index (χ2n) is 5.11. The molecule has 1 aliphatic rings. The van der Waals surface area contributed by atoms with Crippen molar-refractivity contribution in [3.05, 3.63) is 34.7 Å². The van der Waals surface area contributed by atoms with Crippen LogP contribution >= 0.6 is 24.0 Å². The van der Waals surface area contributed by atoms with Crippen LogP contribution in [0, 0.1) is 0 Å². The lowest BCUT2D eigenvalue weighted by Crippen LogP contribution is -2.33. The zero-order valence-corrected chi connectivity index (χ0v) is 15.6. The van der Waals surface area contributed by atoms with Crippen molar-refractivity contribution in [2.75, 3.05) is 31.6 Å². The maximum absolute atomic E-state index is 12.4. The summed E-state index contributed by atoms with van der Waals surface area (Å²) >= 11 is 6.38. The van der Waals surface area contributed by atoms with E-state index in [0.717, 1.165) is 24.3 Å². The number of amides is 1. The van der Waals surface area contributed by atoms with E-state index in [0.29, 0.717) is 9.23 Å². The van der Waals surface area contributed by atoms with E-state index in [1.165, 1.54) is 23.8 Å². The number of ether oxygens (including phenoxy) is 1. The molecular formula is C17H20N2O3S2. The van der Waals surface area contributed by atoms with E-state index in [2.05, 4.69) is 23.5 Å². The summed E-state index contributed by atoms with van der Waals surface area (Å²) in [5.41, 5.74) is 2.07. The van der Waals surface area contributed by atoms with Gasteiger partial charge in [0.15, 0.2) is 0 Å². The van der Waals surface area contributed by atoms with Gasteiger partial charge in [0.1, 0.15) is 10.9 Å². The van der Waals surface area contributed by atoms with Crippen molar-refractivity contribution in [2.45, 2.75) is 13.8 Å². The Balaban J connectivity index is 2.15. The molecule has 5 nitrogen and oxygen atoms in total. The van der Waals surface area contributed by atoms with E-state index in [4.69, 9.17) is 12.2 Å². The number of methoxy groups -OCH3 is 1. The van der Waals surface area contributed by atoms with E-state index in [9.17, 15) is 9.59 Å². The van der Waals surface area contributed by atoms with E-state index in [-0.39, 0.29) is 12.5 Å². The Morgan fingerprint density at radius 1 is 1.29 bits per heavy atom. The molecule has 1 heterocycles. The molecule has 1 aromatic carbocycles. The van der Waals surface area contributed by atoms with Gasteiger partial charge in [-0.05, 0) is 37.6 Å². The fourth-order valence-electron chi connectivity index (χ4n) is 2.35. The van der Waals surface area contributed by atoms with Crippen LogP contribution in [0.25, 0.3) is 6.08 Å². The van der Waals surface area contributed by atoms with Crippen LogP contribution in [-0.2, 0) is 14.3 Å². The summed E-state index contributed by atoms with van der Waals surface area (Å²) in [7, 11) is 1.28. The standard InChI is InChI=1S/C17H20N2O3S2/c1-4-18(5-2)13-8-6-12(7-9-13)10-14-16(21)19(17(23)24-14)11-15(20)22-3/h6-10H,4-5,11H2,1-3H3/b14-10+. The van der Waals surface area contributed by atoms with Crippen molar-refractivity contribution in [3.63, 3.8) is 0 Å². The maximum atomic E-state index is 12.4. The Morgan fingerprint density at radius 2 is 1.92 bits per heavy atom. The molecule has 1 saturated heterocycles. The highest BCUT2D eigenvalue weighted by molar-refractivity contribution is 8.26. The van der Waals surface area contributed by atoms with Gasteiger partial charge in [0.05, 0.1) is 12.0 Å². The van der Waals surface area contributed by atoms with Crippen LogP contribution < -0.4 is 4.90 Å². The third-order valence-electron chi connectivity index (χ3n) is 3.71.